The van der Waals surface area contributed by atoms with Gasteiger partial charge in [-0.25, -0.2) is 0 Å². The van der Waals surface area contributed by atoms with Gasteiger partial charge in [0.1, 0.15) is 6.61 Å². The fourth-order valence-electron chi connectivity index (χ4n) is 2.88. The van der Waals surface area contributed by atoms with Crippen LogP contribution in [0.25, 0.3) is 11.3 Å². The van der Waals surface area contributed by atoms with E-state index in [1.807, 2.05) is 19.9 Å². The molecule has 2 aromatic rings. The number of benzene rings is 1. The van der Waals surface area contributed by atoms with Crippen molar-refractivity contribution in [3.8, 4) is 22.8 Å². The van der Waals surface area contributed by atoms with E-state index in [-0.39, 0.29) is 30.0 Å². The molecule has 1 aromatic heterocycles. The summed E-state index contributed by atoms with van der Waals surface area (Å²) < 4.78 is 5.68. The molecule has 0 unspecified atom stereocenters. The van der Waals surface area contributed by atoms with Gasteiger partial charge in [-0.1, -0.05) is 25.4 Å². The number of phenols is 1. The average Bonchev–Trinajstić information content (AvgIpc) is 2.83. The van der Waals surface area contributed by atoms with Crippen LogP contribution in [0.1, 0.15) is 19.4 Å². The summed E-state index contributed by atoms with van der Waals surface area (Å²) in [5, 5.41) is 10.9. The Balaban J connectivity index is 0.00000261. The lowest BCUT2D eigenvalue weighted by atomic mass is 10.0. The Morgan fingerprint density at radius 3 is 2.74 bits per heavy atom. The van der Waals surface area contributed by atoms with Gasteiger partial charge in [0.25, 0.3) is 0 Å². The third-order valence-electron chi connectivity index (χ3n) is 4.45. The number of pyridine rings is 1. The van der Waals surface area contributed by atoms with E-state index in [9.17, 15) is 9.90 Å². The summed E-state index contributed by atoms with van der Waals surface area (Å²) in [5.41, 5.74) is 8.14. The number of aromatic hydroxyl groups is 1. The minimum Gasteiger partial charge on any atom is -0.504 e. The van der Waals surface area contributed by atoms with E-state index >= 15 is 0 Å². The molecule has 146 valence electrons. The van der Waals surface area contributed by atoms with Gasteiger partial charge >= 0.3 is 0 Å². The minimum atomic E-state index is -0.564. The van der Waals surface area contributed by atoms with Gasteiger partial charge in [0.2, 0.25) is 5.91 Å². The zero-order chi connectivity index (χ0) is 18.8. The molecule has 0 aliphatic carbocycles. The third kappa shape index (κ3) is 4.64. The van der Waals surface area contributed by atoms with Crippen LogP contribution in [-0.4, -0.2) is 40.1 Å². The van der Waals surface area contributed by atoms with Crippen LogP contribution in [0.5, 0.6) is 11.5 Å². The van der Waals surface area contributed by atoms with Crippen LogP contribution >= 0.6 is 24.0 Å². The number of hydrogen-bond donors (Lipinski definition) is 2. The number of aromatic nitrogens is 1. The maximum absolute atomic E-state index is 12.6. The molecular formula is C19H23Cl2N3O3. The Labute approximate surface area is 169 Å². The normalized spacial score (nSPS) is 14.6. The molecule has 3 N–H and O–H groups in total. The van der Waals surface area contributed by atoms with E-state index in [0.717, 1.165) is 11.1 Å². The van der Waals surface area contributed by atoms with Gasteiger partial charge in [-0.05, 0) is 30.2 Å². The predicted molar refractivity (Wildman–Crippen MR) is 107 cm³/mol. The van der Waals surface area contributed by atoms with Crippen LogP contribution in [0.2, 0.25) is 5.02 Å². The second kappa shape index (κ2) is 8.78. The Morgan fingerprint density at radius 1 is 1.37 bits per heavy atom. The number of nitrogens with two attached hydrogens (primary N) is 1. The highest BCUT2D eigenvalue weighted by Crippen LogP contribution is 2.37. The zero-order valence-corrected chi connectivity index (χ0v) is 16.8. The van der Waals surface area contributed by atoms with Crippen LogP contribution in [0.3, 0.4) is 0 Å². The molecule has 0 fully saturated rings. The summed E-state index contributed by atoms with van der Waals surface area (Å²) in [5.74, 6) is 0.350. The van der Waals surface area contributed by atoms with Gasteiger partial charge < -0.3 is 20.5 Å². The van der Waals surface area contributed by atoms with Crippen LogP contribution in [0, 0.1) is 5.92 Å². The largest absolute Gasteiger partial charge is 0.504 e. The van der Waals surface area contributed by atoms with E-state index in [1.54, 1.807) is 29.3 Å². The molecule has 0 saturated carbocycles. The maximum atomic E-state index is 12.6. The maximum Gasteiger partial charge on any atom is 0.240 e. The molecule has 1 aliphatic heterocycles. The van der Waals surface area contributed by atoms with Crippen molar-refractivity contribution < 1.29 is 14.6 Å². The molecule has 0 saturated heterocycles. The number of hydrogen-bond acceptors (Lipinski definition) is 5. The number of amides is 1. The summed E-state index contributed by atoms with van der Waals surface area (Å²) in [7, 11) is 0. The first-order chi connectivity index (χ1) is 12.4. The number of halogens is 2. The van der Waals surface area contributed by atoms with E-state index in [4.69, 9.17) is 22.1 Å². The number of fused-ring (bicyclic) bond motifs is 1. The van der Waals surface area contributed by atoms with Gasteiger partial charge in [-0.15, -0.1) is 12.4 Å². The van der Waals surface area contributed by atoms with Crippen molar-refractivity contribution in [2.45, 2.75) is 26.4 Å². The zero-order valence-electron chi connectivity index (χ0n) is 15.2. The fourth-order valence-corrected chi connectivity index (χ4v) is 2.99. The molecule has 1 atom stereocenters. The van der Waals surface area contributed by atoms with E-state index < -0.39 is 6.04 Å². The quantitative estimate of drug-likeness (QED) is 0.808. The first-order valence-corrected chi connectivity index (χ1v) is 8.89. The molecule has 0 radical (unpaired) electrons. The van der Waals surface area contributed by atoms with Crippen LogP contribution in [0.4, 0.5) is 0 Å². The first kappa shape index (κ1) is 21.3. The van der Waals surface area contributed by atoms with Gasteiger partial charge in [0, 0.05) is 23.9 Å². The van der Waals surface area contributed by atoms with Crippen molar-refractivity contribution in [1.29, 1.82) is 0 Å². The van der Waals surface area contributed by atoms with Crippen molar-refractivity contribution in [3.63, 3.8) is 0 Å². The molecule has 27 heavy (non-hydrogen) atoms. The average molecular weight is 412 g/mol. The van der Waals surface area contributed by atoms with Crippen molar-refractivity contribution in [3.05, 3.63) is 41.0 Å². The Kier molecular flexibility index (Phi) is 6.92. The Bertz CT molecular complexity index is 813. The highest BCUT2D eigenvalue weighted by atomic mass is 35.5. The van der Waals surface area contributed by atoms with E-state index in [1.165, 1.54) is 0 Å². The monoisotopic (exact) mass is 411 g/mol. The van der Waals surface area contributed by atoms with Crippen LogP contribution in [0.15, 0.2) is 30.5 Å². The number of carbonyl (C=O) groups is 1. The van der Waals surface area contributed by atoms with Crippen LogP contribution in [-0.2, 0) is 11.3 Å². The molecule has 1 aromatic carbocycles. The van der Waals surface area contributed by atoms with E-state index in [0.29, 0.717) is 36.2 Å². The molecule has 6 nitrogen and oxygen atoms in total. The number of nitrogens with zero attached hydrogens (tertiary/aromatic N) is 2. The van der Waals surface area contributed by atoms with Crippen molar-refractivity contribution >= 4 is 29.9 Å². The van der Waals surface area contributed by atoms with Crippen molar-refractivity contribution in [1.82, 2.24) is 9.88 Å². The number of ether oxygens (including phenoxy) is 1. The molecule has 0 spiro atoms. The van der Waals surface area contributed by atoms with E-state index in [2.05, 4.69) is 4.98 Å². The SMILES string of the molecule is CC(C)[C@@H](N)C(=O)N1CCOc2c(O)cc(-c3ccc(Cl)cn3)cc2C1.Cl. The highest BCUT2D eigenvalue weighted by Gasteiger charge is 2.27. The summed E-state index contributed by atoms with van der Waals surface area (Å²) >= 11 is 5.89. The standard InChI is InChI=1S/C19H22ClN3O3.ClH/c1-11(2)17(21)19(25)23-5-6-26-18-13(10-23)7-12(8-16(18)24)15-4-3-14(20)9-22-15;/h3-4,7-9,11,17,24H,5-6,10,21H2,1-2H3;1H/t17-;/m1./s1. The number of phenolic OH excluding ortho intramolecular Hbond substituents is 1. The molecule has 1 amide bonds. The summed E-state index contributed by atoms with van der Waals surface area (Å²) in [4.78, 5) is 18.6. The third-order valence-corrected chi connectivity index (χ3v) is 4.68. The topological polar surface area (TPSA) is 88.7 Å². The molecule has 1 aliphatic rings. The number of rotatable bonds is 3. The minimum absolute atomic E-state index is 0. The molecule has 0 bridgehead atoms. The Hall–Kier alpha value is -2.02. The smallest absolute Gasteiger partial charge is 0.240 e. The molecule has 2 heterocycles. The first-order valence-electron chi connectivity index (χ1n) is 8.52. The van der Waals surface area contributed by atoms with Crippen molar-refractivity contribution in [2.75, 3.05) is 13.2 Å². The van der Waals surface area contributed by atoms with Gasteiger partial charge in [0.05, 0.1) is 23.3 Å². The Morgan fingerprint density at radius 2 is 2.11 bits per heavy atom. The molecular weight excluding hydrogens is 389 g/mol. The second-order valence-corrected chi connectivity index (χ2v) is 7.16. The number of carbonyl (C=O) groups excluding carboxylic acids is 1. The summed E-state index contributed by atoms with van der Waals surface area (Å²) in [6.45, 7) is 4.88. The highest BCUT2D eigenvalue weighted by molar-refractivity contribution is 6.30. The summed E-state index contributed by atoms with van der Waals surface area (Å²) in [6.07, 6.45) is 1.55. The van der Waals surface area contributed by atoms with Crippen molar-refractivity contribution in [2.24, 2.45) is 11.7 Å². The van der Waals surface area contributed by atoms with Gasteiger partial charge in [-0.3, -0.25) is 9.78 Å². The summed E-state index contributed by atoms with van der Waals surface area (Å²) in [6, 6.07) is 6.43. The predicted octanol–water partition coefficient (Wildman–Crippen LogP) is 3.23. The van der Waals surface area contributed by atoms with Crippen LogP contribution < -0.4 is 10.5 Å². The van der Waals surface area contributed by atoms with Gasteiger partial charge in [-0.2, -0.15) is 0 Å². The second-order valence-electron chi connectivity index (χ2n) is 6.72. The lowest BCUT2D eigenvalue weighted by Crippen LogP contribution is -2.46. The lowest BCUT2D eigenvalue weighted by Gasteiger charge is -2.25. The molecule has 3 rings (SSSR count). The lowest BCUT2D eigenvalue weighted by molar-refractivity contribution is -0.134. The fraction of sp³-hybridized carbons (Fsp3) is 0.368. The van der Waals surface area contributed by atoms with Gasteiger partial charge in [0.15, 0.2) is 11.5 Å². The molecule has 8 heteroatoms.